The van der Waals surface area contributed by atoms with Crippen LogP contribution in [-0.2, 0) is 16.6 Å². The zero-order valence-corrected chi connectivity index (χ0v) is 15.9. The van der Waals surface area contributed by atoms with E-state index in [0.717, 1.165) is 19.4 Å². The van der Waals surface area contributed by atoms with Crippen molar-refractivity contribution in [3.05, 3.63) is 59.7 Å². The van der Waals surface area contributed by atoms with Gasteiger partial charge in [-0.3, -0.25) is 4.79 Å². The van der Waals surface area contributed by atoms with Gasteiger partial charge in [0.05, 0.1) is 0 Å². The molecule has 0 N–H and O–H groups in total. The van der Waals surface area contributed by atoms with E-state index in [1.807, 2.05) is 24.3 Å². The minimum absolute atomic E-state index is 0.0581. The fourth-order valence-electron chi connectivity index (χ4n) is 5.19. The van der Waals surface area contributed by atoms with E-state index in [4.69, 9.17) is 9.47 Å². The SMILES string of the molecule is CC1C2Cc3ccccc3C1(C)CCN2C(=O)[C@H]1COc2ccccc2O1. The van der Waals surface area contributed by atoms with Crippen LogP contribution in [0.25, 0.3) is 0 Å². The molecule has 2 aromatic carbocycles. The van der Waals surface area contributed by atoms with Crippen LogP contribution in [0.1, 0.15) is 31.4 Å². The van der Waals surface area contributed by atoms with Crippen molar-refractivity contribution in [3.63, 3.8) is 0 Å². The van der Waals surface area contributed by atoms with Gasteiger partial charge < -0.3 is 14.4 Å². The van der Waals surface area contributed by atoms with Crippen molar-refractivity contribution < 1.29 is 14.3 Å². The highest BCUT2D eigenvalue weighted by Crippen LogP contribution is 2.48. The Labute approximate surface area is 160 Å². The predicted octanol–water partition coefficient (Wildman–Crippen LogP) is 3.58. The van der Waals surface area contributed by atoms with Crippen LogP contribution in [0.4, 0.5) is 0 Å². The van der Waals surface area contributed by atoms with Gasteiger partial charge in [0.15, 0.2) is 11.5 Å². The largest absolute Gasteiger partial charge is 0.485 e. The van der Waals surface area contributed by atoms with Crippen LogP contribution in [0, 0.1) is 5.92 Å². The number of hydrogen-bond donors (Lipinski definition) is 0. The Morgan fingerprint density at radius 3 is 2.70 bits per heavy atom. The Balaban J connectivity index is 1.42. The number of para-hydroxylation sites is 2. The van der Waals surface area contributed by atoms with Crippen molar-refractivity contribution in [3.8, 4) is 11.5 Å². The molecule has 3 unspecified atom stereocenters. The van der Waals surface area contributed by atoms with Gasteiger partial charge in [-0.15, -0.1) is 0 Å². The molecule has 3 aliphatic rings. The van der Waals surface area contributed by atoms with Crippen LogP contribution in [0.15, 0.2) is 48.5 Å². The van der Waals surface area contributed by atoms with Gasteiger partial charge in [0, 0.05) is 12.6 Å². The molecule has 2 bridgehead atoms. The maximum Gasteiger partial charge on any atom is 0.267 e. The summed E-state index contributed by atoms with van der Waals surface area (Å²) in [5.74, 6) is 1.85. The van der Waals surface area contributed by atoms with E-state index < -0.39 is 6.10 Å². The van der Waals surface area contributed by atoms with Gasteiger partial charge in [0.25, 0.3) is 5.91 Å². The van der Waals surface area contributed by atoms with E-state index in [1.165, 1.54) is 11.1 Å². The monoisotopic (exact) mass is 363 g/mol. The molecule has 4 heteroatoms. The molecule has 0 spiro atoms. The van der Waals surface area contributed by atoms with Crippen molar-refractivity contribution in [2.24, 2.45) is 5.92 Å². The van der Waals surface area contributed by atoms with Gasteiger partial charge in [-0.1, -0.05) is 50.2 Å². The van der Waals surface area contributed by atoms with E-state index in [2.05, 4.69) is 43.0 Å². The molecule has 0 saturated carbocycles. The first-order valence-electron chi connectivity index (χ1n) is 9.85. The van der Waals surface area contributed by atoms with Gasteiger partial charge in [0.1, 0.15) is 6.61 Å². The maximum atomic E-state index is 13.3. The summed E-state index contributed by atoms with van der Waals surface area (Å²) in [6, 6.07) is 16.5. The van der Waals surface area contributed by atoms with Gasteiger partial charge >= 0.3 is 0 Å². The Kier molecular flexibility index (Phi) is 3.71. The van der Waals surface area contributed by atoms with Crippen LogP contribution in [0.2, 0.25) is 0 Å². The summed E-state index contributed by atoms with van der Waals surface area (Å²) in [4.78, 5) is 15.4. The molecule has 1 aliphatic carbocycles. The normalized spacial score (nSPS) is 31.2. The molecule has 0 aromatic heterocycles. The van der Waals surface area contributed by atoms with Crippen molar-refractivity contribution in [1.29, 1.82) is 0 Å². The van der Waals surface area contributed by atoms with Crippen LogP contribution in [0.3, 0.4) is 0 Å². The van der Waals surface area contributed by atoms with Crippen LogP contribution < -0.4 is 9.47 Å². The second-order valence-corrected chi connectivity index (χ2v) is 8.28. The third kappa shape index (κ3) is 2.46. The lowest BCUT2D eigenvalue weighted by Gasteiger charge is -2.55. The molecule has 2 aliphatic heterocycles. The number of ether oxygens (including phenoxy) is 2. The number of rotatable bonds is 1. The summed E-state index contributed by atoms with van der Waals surface area (Å²) < 4.78 is 11.8. The fraction of sp³-hybridized carbons (Fsp3) is 0.435. The molecule has 1 saturated heterocycles. The lowest BCUT2D eigenvalue weighted by molar-refractivity contribution is -0.148. The Morgan fingerprint density at radius 2 is 1.85 bits per heavy atom. The van der Waals surface area contributed by atoms with Gasteiger partial charge in [0.2, 0.25) is 6.10 Å². The number of likely N-dealkylation sites (tertiary alicyclic amines) is 1. The van der Waals surface area contributed by atoms with Crippen LogP contribution in [-0.4, -0.2) is 36.1 Å². The second kappa shape index (κ2) is 6.01. The molecule has 1 amide bonds. The highest BCUT2D eigenvalue weighted by molar-refractivity contribution is 5.82. The number of hydrogen-bond acceptors (Lipinski definition) is 3. The number of piperidine rings is 1. The van der Waals surface area contributed by atoms with Crippen molar-refractivity contribution in [2.75, 3.05) is 13.2 Å². The van der Waals surface area contributed by atoms with E-state index in [-0.39, 0.29) is 24.0 Å². The smallest absolute Gasteiger partial charge is 0.267 e. The predicted molar refractivity (Wildman–Crippen MR) is 103 cm³/mol. The van der Waals surface area contributed by atoms with E-state index in [0.29, 0.717) is 17.4 Å². The summed E-state index contributed by atoms with van der Waals surface area (Å²) in [6.07, 6.45) is 1.34. The molecule has 1 fully saturated rings. The quantitative estimate of drug-likeness (QED) is 0.777. The topological polar surface area (TPSA) is 38.8 Å². The van der Waals surface area contributed by atoms with Crippen molar-refractivity contribution in [2.45, 2.75) is 44.2 Å². The highest BCUT2D eigenvalue weighted by atomic mass is 16.6. The number of benzene rings is 2. The fourth-order valence-corrected chi connectivity index (χ4v) is 5.19. The molecule has 5 rings (SSSR count). The Hall–Kier alpha value is -2.49. The van der Waals surface area contributed by atoms with Crippen LogP contribution >= 0.6 is 0 Å². The minimum Gasteiger partial charge on any atom is -0.485 e. The number of fused-ring (bicyclic) bond motifs is 5. The second-order valence-electron chi connectivity index (χ2n) is 8.28. The standard InChI is InChI=1S/C23H25NO3/c1-15-18-13-16-7-3-4-8-17(16)23(15,2)11-12-24(18)22(25)21-14-26-19-9-5-6-10-20(19)27-21/h3-10,15,18,21H,11-14H2,1-2H3/t15?,18?,21-,23?/m1/s1. The number of carbonyl (C=O) groups excluding carboxylic acids is 1. The Morgan fingerprint density at radius 1 is 1.11 bits per heavy atom. The van der Waals surface area contributed by atoms with Crippen molar-refractivity contribution >= 4 is 5.91 Å². The van der Waals surface area contributed by atoms with Crippen LogP contribution in [0.5, 0.6) is 11.5 Å². The van der Waals surface area contributed by atoms with Crippen molar-refractivity contribution in [1.82, 2.24) is 4.90 Å². The molecule has 27 heavy (non-hydrogen) atoms. The first kappa shape index (κ1) is 16.7. The highest BCUT2D eigenvalue weighted by Gasteiger charge is 2.50. The summed E-state index contributed by atoms with van der Waals surface area (Å²) in [5, 5.41) is 0. The number of nitrogens with zero attached hydrogens (tertiary/aromatic N) is 1. The molecular weight excluding hydrogens is 338 g/mol. The summed E-state index contributed by atoms with van der Waals surface area (Å²) >= 11 is 0. The molecule has 2 heterocycles. The number of amides is 1. The zero-order chi connectivity index (χ0) is 18.6. The van der Waals surface area contributed by atoms with Gasteiger partial charge in [-0.05, 0) is 47.4 Å². The van der Waals surface area contributed by atoms with Gasteiger partial charge in [-0.25, -0.2) is 0 Å². The summed E-state index contributed by atoms with van der Waals surface area (Å²) in [6.45, 7) is 5.72. The molecule has 140 valence electrons. The third-order valence-corrected chi connectivity index (χ3v) is 6.98. The molecular formula is C23H25NO3. The first-order chi connectivity index (χ1) is 13.1. The molecule has 2 aromatic rings. The maximum absolute atomic E-state index is 13.3. The Bertz CT molecular complexity index is 895. The molecule has 4 atom stereocenters. The van der Waals surface area contributed by atoms with E-state index >= 15 is 0 Å². The average Bonchev–Trinajstić information content (AvgIpc) is 2.70. The lowest BCUT2D eigenvalue weighted by atomic mass is 9.59. The summed E-state index contributed by atoms with van der Waals surface area (Å²) in [5.41, 5.74) is 2.98. The average molecular weight is 363 g/mol. The number of carbonyl (C=O) groups is 1. The minimum atomic E-state index is -0.561. The molecule has 4 nitrogen and oxygen atoms in total. The zero-order valence-electron chi connectivity index (χ0n) is 15.9. The lowest BCUT2D eigenvalue weighted by Crippen LogP contribution is -2.62. The van der Waals surface area contributed by atoms with E-state index in [1.54, 1.807) is 0 Å². The third-order valence-electron chi connectivity index (χ3n) is 6.98. The van der Waals surface area contributed by atoms with Gasteiger partial charge in [-0.2, -0.15) is 0 Å². The summed E-state index contributed by atoms with van der Waals surface area (Å²) in [7, 11) is 0. The molecule has 0 radical (unpaired) electrons. The first-order valence-corrected chi connectivity index (χ1v) is 9.85. The van der Waals surface area contributed by atoms with E-state index in [9.17, 15) is 4.79 Å².